The lowest BCUT2D eigenvalue weighted by molar-refractivity contribution is -0.118. The van der Waals surface area contributed by atoms with Crippen LogP contribution in [0.25, 0.3) is 0 Å². The molecule has 11 heteroatoms. The minimum Gasteiger partial charge on any atom is -0.483 e. The Morgan fingerprint density at radius 2 is 1.80 bits per heavy atom. The number of nitrogens with one attached hydrogen (secondary N) is 1. The topological polar surface area (TPSA) is 141 Å². The quantitative estimate of drug-likeness (QED) is 0.424. The lowest BCUT2D eigenvalue weighted by Gasteiger charge is -2.12. The maximum absolute atomic E-state index is 13.7. The van der Waals surface area contributed by atoms with Gasteiger partial charge < -0.3 is 25.3 Å². The second kappa shape index (κ2) is 11.6. The molecule has 180 valence electrons. The highest BCUT2D eigenvalue weighted by Crippen LogP contribution is 2.32. The highest BCUT2D eigenvalue weighted by molar-refractivity contribution is 7.18. The predicted molar refractivity (Wildman–Crippen MR) is 125 cm³/mol. The molecule has 35 heavy (non-hydrogen) atoms. The van der Waals surface area contributed by atoms with Crippen molar-refractivity contribution in [2.24, 2.45) is 0 Å². The Bertz CT molecular complexity index is 1300. The number of nitrogens with zero attached hydrogens (tertiary/aromatic N) is 1. The monoisotopic (exact) mass is 497 g/mol. The number of nitrogens with two attached hydrogens (primary N) is 1. The van der Waals surface area contributed by atoms with Crippen LogP contribution in [0.3, 0.4) is 0 Å². The number of anilines is 2. The molecule has 3 aromatic rings. The Morgan fingerprint density at radius 1 is 1.09 bits per heavy atom. The first-order valence-electron chi connectivity index (χ1n) is 10.3. The summed E-state index contributed by atoms with van der Waals surface area (Å²) in [6.07, 6.45) is 0. The summed E-state index contributed by atoms with van der Waals surface area (Å²) >= 11 is 0.871. The van der Waals surface area contributed by atoms with Gasteiger partial charge >= 0.3 is 11.9 Å². The molecule has 0 bridgehead atoms. The molecule has 2 aromatic carbocycles. The van der Waals surface area contributed by atoms with Crippen molar-refractivity contribution in [3.05, 3.63) is 75.9 Å². The number of benzene rings is 2. The van der Waals surface area contributed by atoms with E-state index < -0.39 is 36.9 Å². The number of hydrogen-bond acceptors (Lipinski definition) is 9. The van der Waals surface area contributed by atoms with E-state index in [0.717, 1.165) is 11.3 Å². The molecule has 3 rings (SSSR count). The molecule has 1 heterocycles. The van der Waals surface area contributed by atoms with Crippen LogP contribution < -0.4 is 15.8 Å². The Labute approximate surface area is 203 Å². The zero-order chi connectivity index (χ0) is 25.4. The standard InChI is InChI=1S/C24H20FN3O6S/c1-2-32-24(31)21-16(15(11-26)22(27)35-21)12-34-23(30)14-7-3-6-10-19(14)33-13-20(29)28-18-9-5-4-8-17(18)25/h3-10H,2,12-13,27H2,1H3,(H,28,29). The van der Waals surface area contributed by atoms with Gasteiger partial charge in [-0.2, -0.15) is 5.26 Å². The molecule has 0 atom stereocenters. The Kier molecular flexibility index (Phi) is 8.37. The van der Waals surface area contributed by atoms with Gasteiger partial charge in [-0.1, -0.05) is 24.3 Å². The van der Waals surface area contributed by atoms with Crippen molar-refractivity contribution in [3.8, 4) is 11.8 Å². The fraction of sp³-hybridized carbons (Fsp3) is 0.167. The third kappa shape index (κ3) is 6.13. The second-order valence-electron chi connectivity index (χ2n) is 6.87. The predicted octanol–water partition coefficient (Wildman–Crippen LogP) is 3.89. The molecule has 0 unspecified atom stereocenters. The van der Waals surface area contributed by atoms with E-state index in [1.54, 1.807) is 25.1 Å². The number of carbonyl (C=O) groups is 3. The normalized spacial score (nSPS) is 10.2. The smallest absolute Gasteiger partial charge is 0.348 e. The molecule has 0 aliphatic rings. The average molecular weight is 498 g/mol. The number of para-hydroxylation sites is 2. The van der Waals surface area contributed by atoms with E-state index in [4.69, 9.17) is 19.9 Å². The van der Waals surface area contributed by atoms with Crippen molar-refractivity contribution in [3.63, 3.8) is 0 Å². The summed E-state index contributed by atoms with van der Waals surface area (Å²) in [5.74, 6) is -2.68. The molecule has 9 nitrogen and oxygen atoms in total. The number of hydrogen-bond donors (Lipinski definition) is 2. The summed E-state index contributed by atoms with van der Waals surface area (Å²) in [6.45, 7) is 0.844. The second-order valence-corrected chi connectivity index (χ2v) is 7.92. The van der Waals surface area contributed by atoms with Crippen LogP contribution in [0.5, 0.6) is 5.75 Å². The van der Waals surface area contributed by atoms with Gasteiger partial charge in [-0.25, -0.2) is 14.0 Å². The highest BCUT2D eigenvalue weighted by Gasteiger charge is 2.25. The number of esters is 2. The Morgan fingerprint density at radius 3 is 2.51 bits per heavy atom. The zero-order valence-corrected chi connectivity index (χ0v) is 19.3. The van der Waals surface area contributed by atoms with Gasteiger partial charge in [0.05, 0.1) is 17.9 Å². The first-order chi connectivity index (χ1) is 16.8. The van der Waals surface area contributed by atoms with Crippen LogP contribution in [-0.2, 0) is 20.9 Å². The minimum atomic E-state index is -0.821. The number of amides is 1. The lowest BCUT2D eigenvalue weighted by Crippen LogP contribution is -2.21. The zero-order valence-electron chi connectivity index (χ0n) is 18.5. The number of nitriles is 1. The highest BCUT2D eigenvalue weighted by atomic mass is 32.1. The van der Waals surface area contributed by atoms with Crippen molar-refractivity contribution in [2.45, 2.75) is 13.5 Å². The summed E-state index contributed by atoms with van der Waals surface area (Å²) in [6, 6.07) is 13.6. The third-order valence-electron chi connectivity index (χ3n) is 4.57. The van der Waals surface area contributed by atoms with Crippen molar-refractivity contribution in [1.82, 2.24) is 0 Å². The van der Waals surface area contributed by atoms with Crippen LogP contribution >= 0.6 is 11.3 Å². The molecule has 1 aromatic heterocycles. The summed E-state index contributed by atoms with van der Waals surface area (Å²) in [7, 11) is 0. The SMILES string of the molecule is CCOC(=O)c1sc(N)c(C#N)c1COC(=O)c1ccccc1OCC(=O)Nc1ccccc1F. The van der Waals surface area contributed by atoms with Crippen LogP contribution in [0.2, 0.25) is 0 Å². The van der Waals surface area contributed by atoms with E-state index in [1.807, 2.05) is 6.07 Å². The average Bonchev–Trinajstić information content (AvgIpc) is 3.18. The van der Waals surface area contributed by atoms with Gasteiger partial charge in [-0.3, -0.25) is 4.79 Å². The van der Waals surface area contributed by atoms with Gasteiger partial charge in [0.25, 0.3) is 5.91 Å². The number of rotatable bonds is 9. The van der Waals surface area contributed by atoms with Crippen LogP contribution in [0.1, 0.15) is 38.1 Å². The van der Waals surface area contributed by atoms with Crippen LogP contribution in [0, 0.1) is 17.1 Å². The van der Waals surface area contributed by atoms with E-state index >= 15 is 0 Å². The maximum atomic E-state index is 13.7. The number of halogens is 1. The van der Waals surface area contributed by atoms with Crippen molar-refractivity contribution >= 4 is 39.9 Å². The number of carbonyl (C=O) groups excluding carboxylic acids is 3. The third-order valence-corrected chi connectivity index (χ3v) is 5.61. The van der Waals surface area contributed by atoms with Gasteiger partial charge in [0, 0.05) is 5.56 Å². The first kappa shape index (κ1) is 25.2. The van der Waals surface area contributed by atoms with Crippen LogP contribution in [0.15, 0.2) is 48.5 Å². The van der Waals surface area contributed by atoms with Crippen molar-refractivity contribution in [2.75, 3.05) is 24.3 Å². The number of ether oxygens (including phenoxy) is 3. The van der Waals surface area contributed by atoms with Crippen molar-refractivity contribution in [1.29, 1.82) is 5.26 Å². The number of thiophene rings is 1. The van der Waals surface area contributed by atoms with E-state index in [1.165, 1.54) is 30.3 Å². The Hall–Kier alpha value is -4.43. The van der Waals surface area contributed by atoms with E-state index in [2.05, 4.69) is 5.32 Å². The lowest BCUT2D eigenvalue weighted by atomic mass is 10.1. The van der Waals surface area contributed by atoms with Gasteiger partial charge in [-0.05, 0) is 31.2 Å². The van der Waals surface area contributed by atoms with E-state index in [-0.39, 0.29) is 44.6 Å². The number of nitrogen functional groups attached to an aromatic ring is 1. The van der Waals surface area contributed by atoms with Crippen LogP contribution in [0.4, 0.5) is 15.1 Å². The minimum absolute atomic E-state index is 0.00506. The van der Waals surface area contributed by atoms with E-state index in [0.29, 0.717) is 0 Å². The molecule has 0 aliphatic carbocycles. The molecule has 0 fully saturated rings. The molecule has 0 saturated carbocycles. The largest absolute Gasteiger partial charge is 0.483 e. The summed E-state index contributed by atoms with van der Waals surface area (Å²) < 4.78 is 29.5. The summed E-state index contributed by atoms with van der Waals surface area (Å²) in [5.41, 5.74) is 6.00. The van der Waals surface area contributed by atoms with Crippen molar-refractivity contribution < 1.29 is 33.0 Å². The molecule has 0 spiro atoms. The maximum Gasteiger partial charge on any atom is 0.348 e. The molecule has 1 amide bonds. The summed E-state index contributed by atoms with van der Waals surface area (Å²) in [5, 5.41) is 11.9. The van der Waals surface area contributed by atoms with Gasteiger partial charge in [0.15, 0.2) is 6.61 Å². The molecule has 0 radical (unpaired) electrons. The molecule has 3 N–H and O–H groups in total. The molecular weight excluding hydrogens is 477 g/mol. The Balaban J connectivity index is 1.70. The van der Waals surface area contributed by atoms with Gasteiger partial charge in [-0.15, -0.1) is 11.3 Å². The van der Waals surface area contributed by atoms with Crippen LogP contribution in [-0.4, -0.2) is 31.1 Å². The summed E-state index contributed by atoms with van der Waals surface area (Å²) in [4.78, 5) is 37.2. The fourth-order valence-corrected chi connectivity index (χ4v) is 3.89. The van der Waals surface area contributed by atoms with Gasteiger partial charge in [0.2, 0.25) is 0 Å². The molecular formula is C24H20FN3O6S. The molecule has 0 aliphatic heterocycles. The first-order valence-corrected chi connectivity index (χ1v) is 11.1. The van der Waals surface area contributed by atoms with Gasteiger partial charge in [0.1, 0.15) is 39.7 Å². The molecule has 0 saturated heterocycles. The van der Waals surface area contributed by atoms with E-state index in [9.17, 15) is 24.0 Å². The fourth-order valence-electron chi connectivity index (χ4n) is 2.98.